The van der Waals surface area contributed by atoms with Crippen LogP contribution >= 0.6 is 11.6 Å². The number of hydrogen-bond acceptors (Lipinski definition) is 2. The highest BCUT2D eigenvalue weighted by atomic mass is 35.5. The van der Waals surface area contributed by atoms with Crippen LogP contribution in [0.25, 0.3) is 0 Å². The first-order valence-corrected chi connectivity index (χ1v) is 6.04. The van der Waals surface area contributed by atoms with E-state index in [0.29, 0.717) is 23.7 Å². The van der Waals surface area contributed by atoms with Gasteiger partial charge in [0, 0.05) is 12.5 Å². The highest BCUT2D eigenvalue weighted by Crippen LogP contribution is 2.32. The lowest BCUT2D eigenvalue weighted by atomic mass is 9.92. The SMILES string of the molecule is COC1CCCC(OC2CC(Cl)C2)C1. The number of methoxy groups -OCH3 is 1. The average Bonchev–Trinajstić information content (AvgIpc) is 2.16. The van der Waals surface area contributed by atoms with Gasteiger partial charge in [-0.05, 0) is 38.5 Å². The number of hydrogen-bond donors (Lipinski definition) is 0. The fourth-order valence-electron chi connectivity index (χ4n) is 2.32. The van der Waals surface area contributed by atoms with Crippen LogP contribution in [0.3, 0.4) is 0 Å². The van der Waals surface area contributed by atoms with Crippen LogP contribution in [0.15, 0.2) is 0 Å². The molecule has 2 nitrogen and oxygen atoms in total. The summed E-state index contributed by atoms with van der Waals surface area (Å²) in [5.41, 5.74) is 0. The van der Waals surface area contributed by atoms with E-state index in [9.17, 15) is 0 Å². The molecule has 0 aromatic rings. The van der Waals surface area contributed by atoms with Crippen LogP contribution in [0, 0.1) is 0 Å². The zero-order valence-corrected chi connectivity index (χ0v) is 9.50. The van der Waals surface area contributed by atoms with E-state index in [0.717, 1.165) is 19.3 Å². The van der Waals surface area contributed by atoms with Crippen molar-refractivity contribution < 1.29 is 9.47 Å². The molecule has 0 N–H and O–H groups in total. The predicted octanol–water partition coefficient (Wildman–Crippen LogP) is 2.73. The Morgan fingerprint density at radius 3 is 2.36 bits per heavy atom. The Labute approximate surface area is 90.9 Å². The number of rotatable bonds is 3. The molecule has 0 aromatic carbocycles. The highest BCUT2D eigenvalue weighted by Gasteiger charge is 2.32. The summed E-state index contributed by atoms with van der Waals surface area (Å²) in [4.78, 5) is 0. The van der Waals surface area contributed by atoms with E-state index in [-0.39, 0.29) is 0 Å². The summed E-state index contributed by atoms with van der Waals surface area (Å²) in [6.45, 7) is 0. The molecule has 82 valence electrons. The van der Waals surface area contributed by atoms with Crippen molar-refractivity contribution in [3.05, 3.63) is 0 Å². The molecule has 14 heavy (non-hydrogen) atoms. The van der Waals surface area contributed by atoms with Crippen molar-refractivity contribution in [2.24, 2.45) is 0 Å². The highest BCUT2D eigenvalue weighted by molar-refractivity contribution is 6.21. The summed E-state index contributed by atoms with van der Waals surface area (Å²) in [6, 6.07) is 0. The van der Waals surface area contributed by atoms with Gasteiger partial charge in [-0.1, -0.05) is 0 Å². The molecular weight excluding hydrogens is 200 g/mol. The molecule has 0 saturated heterocycles. The molecule has 2 rings (SSSR count). The fraction of sp³-hybridized carbons (Fsp3) is 1.00. The van der Waals surface area contributed by atoms with E-state index in [1.54, 1.807) is 7.11 Å². The van der Waals surface area contributed by atoms with Crippen LogP contribution in [-0.2, 0) is 9.47 Å². The summed E-state index contributed by atoms with van der Waals surface area (Å²) in [7, 11) is 1.80. The lowest BCUT2D eigenvalue weighted by Gasteiger charge is -2.37. The Morgan fingerprint density at radius 2 is 1.71 bits per heavy atom. The van der Waals surface area contributed by atoms with Gasteiger partial charge in [0.2, 0.25) is 0 Å². The normalized spacial score (nSPS) is 43.3. The third-order valence-corrected chi connectivity index (χ3v) is 3.69. The lowest BCUT2D eigenvalue weighted by Crippen LogP contribution is -2.38. The Morgan fingerprint density at radius 1 is 1.00 bits per heavy atom. The molecule has 2 fully saturated rings. The third kappa shape index (κ3) is 2.62. The van der Waals surface area contributed by atoms with Crippen molar-refractivity contribution in [1.82, 2.24) is 0 Å². The molecule has 2 unspecified atom stereocenters. The maximum atomic E-state index is 5.97. The predicted molar refractivity (Wildman–Crippen MR) is 56.8 cm³/mol. The summed E-state index contributed by atoms with van der Waals surface area (Å²) < 4.78 is 11.3. The largest absolute Gasteiger partial charge is 0.381 e. The maximum Gasteiger partial charge on any atom is 0.0607 e. The zero-order chi connectivity index (χ0) is 9.97. The second-order valence-electron chi connectivity index (χ2n) is 4.47. The van der Waals surface area contributed by atoms with Crippen LogP contribution in [0.1, 0.15) is 38.5 Å². The molecule has 2 atom stereocenters. The van der Waals surface area contributed by atoms with Crippen LogP contribution in [0.2, 0.25) is 0 Å². The van der Waals surface area contributed by atoms with Crippen LogP contribution in [0.4, 0.5) is 0 Å². The van der Waals surface area contributed by atoms with Gasteiger partial charge in [0.1, 0.15) is 0 Å². The Bertz CT molecular complexity index is 180. The van der Waals surface area contributed by atoms with Crippen LogP contribution in [0.5, 0.6) is 0 Å². The Hall–Kier alpha value is 0.210. The molecule has 0 radical (unpaired) electrons. The first kappa shape index (κ1) is 10.7. The number of alkyl halides is 1. The second-order valence-corrected chi connectivity index (χ2v) is 5.09. The van der Waals surface area contributed by atoms with Crippen molar-refractivity contribution in [2.75, 3.05) is 7.11 Å². The Kier molecular flexibility index (Phi) is 3.69. The van der Waals surface area contributed by atoms with Gasteiger partial charge in [-0.2, -0.15) is 0 Å². The molecule has 0 spiro atoms. The van der Waals surface area contributed by atoms with Crippen molar-refractivity contribution in [3.63, 3.8) is 0 Å². The fourth-order valence-corrected chi connectivity index (χ4v) is 2.72. The van der Waals surface area contributed by atoms with Crippen LogP contribution < -0.4 is 0 Å². The maximum absolute atomic E-state index is 5.97. The molecule has 0 aromatic heterocycles. The second kappa shape index (κ2) is 4.82. The zero-order valence-electron chi connectivity index (χ0n) is 8.75. The molecule has 0 amide bonds. The molecular formula is C11H19ClO2. The van der Waals surface area contributed by atoms with Gasteiger partial charge in [0.15, 0.2) is 0 Å². The topological polar surface area (TPSA) is 18.5 Å². The van der Waals surface area contributed by atoms with E-state index in [1.807, 2.05) is 0 Å². The third-order valence-electron chi connectivity index (χ3n) is 3.33. The quantitative estimate of drug-likeness (QED) is 0.679. The summed E-state index contributed by atoms with van der Waals surface area (Å²) in [5.74, 6) is 0. The molecule has 2 aliphatic rings. The lowest BCUT2D eigenvalue weighted by molar-refractivity contribution is -0.0878. The Balaban J connectivity index is 1.69. The van der Waals surface area contributed by atoms with E-state index in [2.05, 4.69) is 0 Å². The first-order chi connectivity index (χ1) is 6.78. The molecule has 0 heterocycles. The van der Waals surface area contributed by atoms with E-state index in [4.69, 9.17) is 21.1 Å². The molecule has 0 aliphatic heterocycles. The average molecular weight is 219 g/mol. The van der Waals surface area contributed by atoms with Crippen molar-refractivity contribution in [3.8, 4) is 0 Å². The first-order valence-electron chi connectivity index (χ1n) is 5.60. The van der Waals surface area contributed by atoms with Crippen molar-refractivity contribution >= 4 is 11.6 Å². The van der Waals surface area contributed by atoms with Crippen molar-refractivity contribution in [2.45, 2.75) is 62.2 Å². The minimum Gasteiger partial charge on any atom is -0.381 e. The van der Waals surface area contributed by atoms with Gasteiger partial charge < -0.3 is 9.47 Å². The smallest absolute Gasteiger partial charge is 0.0607 e. The van der Waals surface area contributed by atoms with Gasteiger partial charge in [-0.25, -0.2) is 0 Å². The van der Waals surface area contributed by atoms with Crippen molar-refractivity contribution in [1.29, 1.82) is 0 Å². The summed E-state index contributed by atoms with van der Waals surface area (Å²) in [6.07, 6.45) is 8.04. The van der Waals surface area contributed by atoms with Gasteiger partial charge in [0.05, 0.1) is 18.3 Å². The molecule has 2 saturated carbocycles. The molecule has 2 aliphatic carbocycles. The standard InChI is InChI=1S/C11H19ClO2/c1-13-9-3-2-4-10(7-9)14-11-5-8(12)6-11/h8-11H,2-7H2,1H3. The monoisotopic (exact) mass is 218 g/mol. The minimum absolute atomic E-state index is 0.363. The van der Waals surface area contributed by atoms with Gasteiger partial charge in [-0.15, -0.1) is 11.6 Å². The summed E-state index contributed by atoms with van der Waals surface area (Å²) >= 11 is 5.91. The molecule has 0 bridgehead atoms. The number of ether oxygens (including phenoxy) is 2. The van der Waals surface area contributed by atoms with E-state index < -0.39 is 0 Å². The minimum atomic E-state index is 0.363. The molecule has 3 heteroatoms. The van der Waals surface area contributed by atoms with E-state index >= 15 is 0 Å². The summed E-state index contributed by atoms with van der Waals surface area (Å²) in [5, 5.41) is 0.363. The van der Waals surface area contributed by atoms with Crippen LogP contribution in [-0.4, -0.2) is 30.8 Å². The number of halogens is 1. The van der Waals surface area contributed by atoms with E-state index in [1.165, 1.54) is 19.3 Å². The van der Waals surface area contributed by atoms with Gasteiger partial charge >= 0.3 is 0 Å². The van der Waals surface area contributed by atoms with Gasteiger partial charge in [-0.3, -0.25) is 0 Å². The van der Waals surface area contributed by atoms with Gasteiger partial charge in [0.25, 0.3) is 0 Å².